The highest BCUT2D eigenvalue weighted by atomic mass is 16.7. The van der Waals surface area contributed by atoms with Crippen LogP contribution in [0.1, 0.15) is 64.7 Å². The van der Waals surface area contributed by atoms with E-state index in [1.807, 2.05) is 0 Å². The van der Waals surface area contributed by atoms with Crippen LogP contribution in [0.2, 0.25) is 0 Å². The van der Waals surface area contributed by atoms with Gasteiger partial charge in [0, 0.05) is 6.42 Å². The number of unbranched alkanes of at least 4 members (excludes halogenated alkanes) is 1. The Morgan fingerprint density at radius 3 is 1.64 bits per heavy atom. The number of carbonyl (C=O) groups excluding carboxylic acids is 1. The number of carbonyl (C=O) groups is 1. The van der Waals surface area contributed by atoms with Crippen LogP contribution in [-0.2, 0) is 23.7 Å². The molecule has 1 amide bonds. The molecule has 0 unspecified atom stereocenters. The van der Waals surface area contributed by atoms with Crippen molar-refractivity contribution in [3.05, 3.63) is 0 Å². The van der Waals surface area contributed by atoms with Crippen molar-refractivity contribution in [1.29, 1.82) is 0 Å². The minimum Gasteiger partial charge on any atom is -0.394 e. The van der Waals surface area contributed by atoms with Crippen LogP contribution >= 0.6 is 0 Å². The summed E-state index contributed by atoms with van der Waals surface area (Å²) in [5, 5.41) is 83.6. The van der Waals surface area contributed by atoms with Crippen LogP contribution in [0.15, 0.2) is 0 Å². The van der Waals surface area contributed by atoms with Gasteiger partial charge in [0.05, 0.1) is 32.5 Å². The maximum atomic E-state index is 13.8. The molecule has 2 heterocycles. The van der Waals surface area contributed by atoms with Crippen molar-refractivity contribution in [2.45, 2.75) is 132 Å². The highest BCUT2D eigenvalue weighted by Gasteiger charge is 2.57. The lowest BCUT2D eigenvalue weighted by molar-refractivity contribution is -0.309. The minimum absolute atomic E-state index is 0.0890. The molecule has 6 fully saturated rings. The molecule has 14 heteroatoms. The number of aliphatic hydroxyl groups is 8. The highest BCUT2D eigenvalue weighted by molar-refractivity contribution is 5.77. The Morgan fingerprint density at radius 2 is 1.22 bits per heavy atom. The lowest BCUT2D eigenvalue weighted by Crippen LogP contribution is -2.60. The smallest absolute Gasteiger partial charge is 0.220 e. The zero-order valence-electron chi connectivity index (χ0n) is 26.0. The van der Waals surface area contributed by atoms with E-state index in [1.165, 1.54) is 6.42 Å². The summed E-state index contributed by atoms with van der Waals surface area (Å²) >= 11 is 0. The molecular formula is C31H53NO13. The predicted molar refractivity (Wildman–Crippen MR) is 155 cm³/mol. The SMILES string of the molecule is CCCCC1(CC(=O)NC(CO[C@@H]2O[C@H](CO)[C@@H](O)[C@H](O)[C@H]2O)CO[C@@H]2O[C@H](CO)[C@@H](O)[C@H](O)[C@H]2O)C2CC3CC(C2)CC1C3. The Labute approximate surface area is 263 Å². The Hall–Kier alpha value is -1.01. The molecule has 6 aliphatic rings. The van der Waals surface area contributed by atoms with Crippen molar-refractivity contribution < 1.29 is 64.6 Å². The Bertz CT molecular complexity index is 900. The molecule has 9 N–H and O–H groups in total. The van der Waals surface area contributed by atoms with E-state index in [0.717, 1.165) is 56.8 Å². The van der Waals surface area contributed by atoms with E-state index in [9.17, 15) is 45.6 Å². The summed E-state index contributed by atoms with van der Waals surface area (Å²) in [4.78, 5) is 13.8. The molecule has 4 aliphatic carbocycles. The number of nitrogens with one attached hydrogen (secondary N) is 1. The average molecular weight is 648 g/mol. The summed E-state index contributed by atoms with van der Waals surface area (Å²) in [7, 11) is 0. The maximum absolute atomic E-state index is 13.8. The Morgan fingerprint density at radius 1 is 0.756 bits per heavy atom. The third kappa shape index (κ3) is 7.37. The van der Waals surface area contributed by atoms with E-state index in [1.54, 1.807) is 0 Å². The molecule has 14 nitrogen and oxygen atoms in total. The average Bonchev–Trinajstić information content (AvgIpc) is 3.02. The summed E-state index contributed by atoms with van der Waals surface area (Å²) in [6.07, 6.45) is -5.57. The van der Waals surface area contributed by atoms with Gasteiger partial charge in [-0.15, -0.1) is 0 Å². The van der Waals surface area contributed by atoms with E-state index < -0.39 is 80.7 Å². The molecule has 0 aromatic carbocycles. The Balaban J connectivity index is 1.28. The summed E-state index contributed by atoms with van der Waals surface area (Å²) < 4.78 is 22.4. The van der Waals surface area contributed by atoms with Crippen molar-refractivity contribution in [2.24, 2.45) is 29.1 Å². The van der Waals surface area contributed by atoms with Crippen LogP contribution in [0.5, 0.6) is 0 Å². The Kier molecular flexibility index (Phi) is 11.8. The van der Waals surface area contributed by atoms with Crippen LogP contribution in [0, 0.1) is 29.1 Å². The minimum atomic E-state index is -1.64. The lowest BCUT2D eigenvalue weighted by atomic mass is 9.43. The fraction of sp³-hybridized carbons (Fsp3) is 0.968. The standard InChI is InChI=1S/C31H53NO13/c1-2-3-4-31(17-6-15-5-16(8-17)9-18(31)7-15)10-22(35)32-19(13-42-29-27(40)25(38)23(36)20(11-33)44-29)14-43-30-28(41)26(39)24(37)21(12-34)45-30/h15-21,23-30,33-34,36-41H,2-14H2,1H3,(H,32,35)/t15?,16?,17?,18?,20-,21-,23-,24-,25+,26+,27-,28-,29-,30-,31?/m1/s1. The molecule has 4 saturated carbocycles. The van der Waals surface area contributed by atoms with Gasteiger partial charge in [0.25, 0.3) is 0 Å². The molecule has 0 aromatic rings. The first kappa shape index (κ1) is 35.3. The fourth-order valence-corrected chi connectivity index (χ4v) is 8.96. The topological polar surface area (TPSA) is 228 Å². The first-order valence-corrected chi connectivity index (χ1v) is 16.6. The van der Waals surface area contributed by atoms with Gasteiger partial charge in [-0.2, -0.15) is 0 Å². The number of hydrogen-bond donors (Lipinski definition) is 9. The highest BCUT2D eigenvalue weighted by Crippen LogP contribution is 2.65. The summed E-state index contributed by atoms with van der Waals surface area (Å²) in [5.74, 6) is 2.30. The number of aliphatic hydroxyl groups excluding tert-OH is 8. The number of rotatable bonds is 14. The molecule has 0 radical (unpaired) electrons. The van der Waals surface area contributed by atoms with E-state index in [-0.39, 0.29) is 24.5 Å². The monoisotopic (exact) mass is 647 g/mol. The maximum Gasteiger partial charge on any atom is 0.220 e. The molecular weight excluding hydrogens is 594 g/mol. The van der Waals surface area contributed by atoms with E-state index >= 15 is 0 Å². The summed E-state index contributed by atoms with van der Waals surface area (Å²) in [5.41, 5.74) is -0.0890. The third-order valence-corrected chi connectivity index (χ3v) is 11.2. The molecule has 2 aliphatic heterocycles. The lowest BCUT2D eigenvalue weighted by Gasteiger charge is -2.61. The van der Waals surface area contributed by atoms with E-state index in [4.69, 9.17) is 18.9 Å². The zero-order chi connectivity index (χ0) is 32.5. The van der Waals surface area contributed by atoms with Gasteiger partial charge in [-0.05, 0) is 67.6 Å². The molecule has 10 atom stereocenters. The predicted octanol–water partition coefficient (Wildman–Crippen LogP) is -1.87. The van der Waals surface area contributed by atoms with Gasteiger partial charge >= 0.3 is 0 Å². The summed E-state index contributed by atoms with van der Waals surface area (Å²) in [6, 6.07) is -0.878. The van der Waals surface area contributed by atoms with Crippen LogP contribution < -0.4 is 5.32 Å². The van der Waals surface area contributed by atoms with E-state index in [0.29, 0.717) is 18.3 Å². The first-order valence-electron chi connectivity index (χ1n) is 16.6. The molecule has 0 aromatic heterocycles. The van der Waals surface area contributed by atoms with Gasteiger partial charge in [0.15, 0.2) is 12.6 Å². The number of ether oxygens (including phenoxy) is 4. The van der Waals surface area contributed by atoms with Crippen molar-refractivity contribution in [1.82, 2.24) is 5.32 Å². The van der Waals surface area contributed by atoms with Gasteiger partial charge in [-0.3, -0.25) is 4.79 Å². The van der Waals surface area contributed by atoms with Gasteiger partial charge in [0.2, 0.25) is 5.91 Å². The normalized spacial score (nSPS) is 46.1. The van der Waals surface area contributed by atoms with Crippen molar-refractivity contribution >= 4 is 5.91 Å². The van der Waals surface area contributed by atoms with Gasteiger partial charge < -0.3 is 65.1 Å². The second-order valence-electron chi connectivity index (χ2n) is 14.1. The first-order chi connectivity index (χ1) is 21.5. The number of amides is 1. The van der Waals surface area contributed by atoms with Crippen LogP contribution in [-0.4, -0.2) is 141 Å². The molecule has 2 saturated heterocycles. The summed E-state index contributed by atoms with van der Waals surface area (Å²) in [6.45, 7) is 0.326. The molecule has 4 bridgehead atoms. The molecule has 0 spiro atoms. The van der Waals surface area contributed by atoms with E-state index in [2.05, 4.69) is 12.2 Å². The van der Waals surface area contributed by atoms with Gasteiger partial charge in [0.1, 0.15) is 48.8 Å². The van der Waals surface area contributed by atoms with Crippen molar-refractivity contribution in [3.63, 3.8) is 0 Å². The van der Waals surface area contributed by atoms with Crippen molar-refractivity contribution in [2.75, 3.05) is 26.4 Å². The van der Waals surface area contributed by atoms with Gasteiger partial charge in [-0.25, -0.2) is 0 Å². The quantitative estimate of drug-likeness (QED) is 0.101. The fourth-order valence-electron chi connectivity index (χ4n) is 8.96. The largest absolute Gasteiger partial charge is 0.394 e. The molecule has 260 valence electrons. The third-order valence-electron chi connectivity index (χ3n) is 11.2. The van der Waals surface area contributed by atoms with Crippen molar-refractivity contribution in [3.8, 4) is 0 Å². The molecule has 6 rings (SSSR count). The second kappa shape index (κ2) is 15.0. The van der Waals surface area contributed by atoms with Crippen LogP contribution in [0.4, 0.5) is 0 Å². The van der Waals surface area contributed by atoms with Gasteiger partial charge in [-0.1, -0.05) is 19.8 Å². The second-order valence-corrected chi connectivity index (χ2v) is 14.1. The number of hydrogen-bond acceptors (Lipinski definition) is 13. The zero-order valence-corrected chi connectivity index (χ0v) is 26.0. The van der Waals surface area contributed by atoms with Crippen LogP contribution in [0.25, 0.3) is 0 Å². The molecule has 45 heavy (non-hydrogen) atoms. The van der Waals surface area contributed by atoms with Crippen LogP contribution in [0.3, 0.4) is 0 Å².